The standard InChI is InChI=1S/C56H96O6/c1-4-7-10-13-16-19-22-25-28-31-34-37-40-43-46-49-53(57)60-52-56(61-54(58)50-47-44-41-38-35-32-29-26-23-20-17-14-11-8-5-2)62-55(59)51-48-45-42-39-36-33-30-27-24-21-18-15-12-9-6-3/h8,11,17-18,20-21,25-30,56H,4-7,9-10,12-16,19,22-24,31-52H2,1-3H3/b11-8-,20-17-,21-18-,28-25-,29-26-,30-27-. The van der Waals surface area contributed by atoms with E-state index in [9.17, 15) is 14.4 Å². The SMILES string of the molecule is CC/C=C\C/C=C\C/C=C\CCCCCCCC(=O)OC(COC(=O)CCCCCCC/C=C\CCCCCCCC)OC(=O)CCCCCCC/C=C\C/C=C\CCCCC. The number of esters is 3. The summed E-state index contributed by atoms with van der Waals surface area (Å²) in [6, 6.07) is 0. The van der Waals surface area contributed by atoms with Gasteiger partial charge in [0.1, 0.15) is 0 Å². The molecule has 1 unspecified atom stereocenters. The zero-order valence-corrected chi connectivity index (χ0v) is 40.6. The minimum Gasteiger partial charge on any atom is -0.458 e. The molecule has 0 aromatic rings. The van der Waals surface area contributed by atoms with Gasteiger partial charge in [-0.2, -0.15) is 0 Å². The number of allylic oxidation sites excluding steroid dienone is 12. The van der Waals surface area contributed by atoms with E-state index in [1.165, 1.54) is 77.0 Å². The third kappa shape index (κ3) is 47.9. The molecule has 0 saturated carbocycles. The van der Waals surface area contributed by atoms with E-state index < -0.39 is 18.2 Å². The fourth-order valence-electron chi connectivity index (χ4n) is 7.05. The molecule has 6 nitrogen and oxygen atoms in total. The number of rotatable bonds is 46. The minimum absolute atomic E-state index is 0.252. The third-order valence-corrected chi connectivity index (χ3v) is 10.9. The molecule has 0 rings (SSSR count). The number of hydrogen-bond donors (Lipinski definition) is 0. The van der Waals surface area contributed by atoms with Crippen LogP contribution in [-0.2, 0) is 28.6 Å². The lowest BCUT2D eigenvalue weighted by molar-refractivity contribution is -0.200. The van der Waals surface area contributed by atoms with Gasteiger partial charge in [-0.1, -0.05) is 196 Å². The average Bonchev–Trinajstić information content (AvgIpc) is 3.26. The molecule has 0 radical (unpaired) electrons. The molecule has 0 heterocycles. The largest absolute Gasteiger partial charge is 0.458 e. The van der Waals surface area contributed by atoms with Crippen LogP contribution >= 0.6 is 0 Å². The Labute approximate surface area is 382 Å². The molecule has 0 aliphatic heterocycles. The van der Waals surface area contributed by atoms with Gasteiger partial charge in [0.25, 0.3) is 6.29 Å². The molecule has 0 bridgehead atoms. The van der Waals surface area contributed by atoms with Crippen LogP contribution < -0.4 is 0 Å². The van der Waals surface area contributed by atoms with Crippen LogP contribution in [0.4, 0.5) is 0 Å². The average molecular weight is 865 g/mol. The van der Waals surface area contributed by atoms with Crippen molar-refractivity contribution in [1.82, 2.24) is 0 Å². The van der Waals surface area contributed by atoms with Gasteiger partial charge in [0, 0.05) is 19.3 Å². The normalized spacial score (nSPS) is 12.6. The van der Waals surface area contributed by atoms with Crippen molar-refractivity contribution in [1.29, 1.82) is 0 Å². The highest BCUT2D eigenvalue weighted by Crippen LogP contribution is 2.14. The lowest BCUT2D eigenvalue weighted by Gasteiger charge is -2.18. The van der Waals surface area contributed by atoms with Crippen molar-refractivity contribution in [2.75, 3.05) is 6.61 Å². The van der Waals surface area contributed by atoms with E-state index in [4.69, 9.17) is 14.2 Å². The van der Waals surface area contributed by atoms with Crippen molar-refractivity contribution in [2.24, 2.45) is 0 Å². The van der Waals surface area contributed by atoms with Crippen LogP contribution in [0.5, 0.6) is 0 Å². The van der Waals surface area contributed by atoms with E-state index in [2.05, 4.69) is 93.7 Å². The van der Waals surface area contributed by atoms with Crippen LogP contribution in [0.2, 0.25) is 0 Å². The van der Waals surface area contributed by atoms with Gasteiger partial charge in [-0.05, 0) is 109 Å². The summed E-state index contributed by atoms with van der Waals surface area (Å²) >= 11 is 0. The molecule has 1 atom stereocenters. The highest BCUT2D eigenvalue weighted by Gasteiger charge is 2.21. The molecule has 62 heavy (non-hydrogen) atoms. The quantitative estimate of drug-likeness (QED) is 0.0262. The molecule has 0 fully saturated rings. The minimum atomic E-state index is -1.21. The summed E-state index contributed by atoms with van der Waals surface area (Å²) in [5.74, 6) is -1.19. The Bertz CT molecular complexity index is 1180. The van der Waals surface area contributed by atoms with E-state index in [0.29, 0.717) is 12.8 Å². The highest BCUT2D eigenvalue weighted by molar-refractivity contribution is 5.72. The first-order valence-electron chi connectivity index (χ1n) is 26.0. The molecule has 0 aliphatic rings. The Kier molecular flexibility index (Phi) is 47.9. The summed E-state index contributed by atoms with van der Waals surface area (Å²) in [7, 11) is 0. The zero-order valence-electron chi connectivity index (χ0n) is 40.6. The molecule has 0 saturated heterocycles. The van der Waals surface area contributed by atoms with Gasteiger partial charge < -0.3 is 14.2 Å². The van der Waals surface area contributed by atoms with Crippen LogP contribution in [0.3, 0.4) is 0 Å². The molecule has 0 spiro atoms. The molecule has 0 aromatic carbocycles. The van der Waals surface area contributed by atoms with E-state index in [-0.39, 0.29) is 25.4 Å². The van der Waals surface area contributed by atoms with Crippen LogP contribution in [0.1, 0.15) is 252 Å². The Hall–Kier alpha value is -3.15. The summed E-state index contributed by atoms with van der Waals surface area (Å²) in [6.45, 7) is 6.38. The van der Waals surface area contributed by atoms with Gasteiger partial charge in [-0.3, -0.25) is 14.4 Å². The van der Waals surface area contributed by atoms with Crippen LogP contribution in [0.15, 0.2) is 72.9 Å². The summed E-state index contributed by atoms with van der Waals surface area (Å²) in [5, 5.41) is 0. The fraction of sp³-hybridized carbons (Fsp3) is 0.732. The lowest BCUT2D eigenvalue weighted by Crippen LogP contribution is -2.30. The molecular weight excluding hydrogens is 769 g/mol. The second kappa shape index (κ2) is 50.5. The summed E-state index contributed by atoms with van der Waals surface area (Å²) < 4.78 is 16.6. The van der Waals surface area contributed by atoms with Crippen LogP contribution in [-0.4, -0.2) is 30.8 Å². The van der Waals surface area contributed by atoms with E-state index in [1.807, 2.05) is 0 Å². The lowest BCUT2D eigenvalue weighted by atomic mass is 10.1. The fourth-order valence-corrected chi connectivity index (χ4v) is 7.05. The molecular formula is C56H96O6. The van der Waals surface area contributed by atoms with Crippen molar-refractivity contribution < 1.29 is 28.6 Å². The number of unbranched alkanes of at least 4 members (excludes halogenated alkanes) is 24. The van der Waals surface area contributed by atoms with Gasteiger partial charge in [-0.15, -0.1) is 0 Å². The summed E-state index contributed by atoms with van der Waals surface area (Å²) in [5.41, 5.74) is 0. The Morgan fingerprint density at radius 2 is 0.629 bits per heavy atom. The van der Waals surface area contributed by atoms with E-state index >= 15 is 0 Å². The van der Waals surface area contributed by atoms with E-state index in [0.717, 1.165) is 128 Å². The zero-order chi connectivity index (χ0) is 45.1. The number of carbonyl (C=O) groups excluding carboxylic acids is 3. The van der Waals surface area contributed by atoms with E-state index in [1.54, 1.807) is 0 Å². The summed E-state index contributed by atoms with van der Waals surface area (Å²) in [6.07, 6.45) is 63.4. The predicted molar refractivity (Wildman–Crippen MR) is 265 cm³/mol. The van der Waals surface area contributed by atoms with Crippen LogP contribution in [0, 0.1) is 0 Å². The van der Waals surface area contributed by atoms with Crippen LogP contribution in [0.25, 0.3) is 0 Å². The highest BCUT2D eigenvalue weighted by atomic mass is 16.7. The second-order valence-electron chi connectivity index (χ2n) is 17.0. The van der Waals surface area contributed by atoms with Crippen molar-refractivity contribution in [3.63, 3.8) is 0 Å². The Morgan fingerprint density at radius 1 is 0.339 bits per heavy atom. The molecule has 6 heteroatoms. The number of ether oxygens (including phenoxy) is 3. The maximum Gasteiger partial charge on any atom is 0.308 e. The molecule has 0 amide bonds. The van der Waals surface area contributed by atoms with Gasteiger partial charge >= 0.3 is 17.9 Å². The van der Waals surface area contributed by atoms with Crippen molar-refractivity contribution in [2.45, 2.75) is 258 Å². The third-order valence-electron chi connectivity index (χ3n) is 10.9. The van der Waals surface area contributed by atoms with Crippen molar-refractivity contribution in [3.05, 3.63) is 72.9 Å². The Balaban J connectivity index is 4.46. The van der Waals surface area contributed by atoms with Gasteiger partial charge in [0.15, 0.2) is 6.61 Å². The molecule has 356 valence electrons. The van der Waals surface area contributed by atoms with Gasteiger partial charge in [-0.25, -0.2) is 0 Å². The number of carbonyl (C=O) groups is 3. The van der Waals surface area contributed by atoms with Gasteiger partial charge in [0.2, 0.25) is 0 Å². The maximum absolute atomic E-state index is 12.8. The molecule has 0 aromatic heterocycles. The predicted octanol–water partition coefficient (Wildman–Crippen LogP) is 17.4. The molecule has 0 N–H and O–H groups in total. The van der Waals surface area contributed by atoms with Crippen molar-refractivity contribution >= 4 is 17.9 Å². The molecule has 0 aliphatic carbocycles. The monoisotopic (exact) mass is 865 g/mol. The van der Waals surface area contributed by atoms with Gasteiger partial charge in [0.05, 0.1) is 0 Å². The first kappa shape index (κ1) is 58.9. The maximum atomic E-state index is 12.8. The smallest absolute Gasteiger partial charge is 0.308 e. The summed E-state index contributed by atoms with van der Waals surface area (Å²) in [4.78, 5) is 38.1. The first-order valence-corrected chi connectivity index (χ1v) is 26.0. The first-order chi connectivity index (χ1) is 30.5. The Morgan fingerprint density at radius 3 is 1.03 bits per heavy atom. The second-order valence-corrected chi connectivity index (χ2v) is 17.0. The number of hydrogen-bond acceptors (Lipinski definition) is 6. The topological polar surface area (TPSA) is 78.9 Å². The van der Waals surface area contributed by atoms with Crippen molar-refractivity contribution in [3.8, 4) is 0 Å².